The molecule has 0 saturated heterocycles. The van der Waals surface area contributed by atoms with Gasteiger partial charge in [0.25, 0.3) is 0 Å². The van der Waals surface area contributed by atoms with Crippen LogP contribution in [0.2, 0.25) is 0 Å². The first kappa shape index (κ1) is 14.2. The summed E-state index contributed by atoms with van der Waals surface area (Å²) >= 11 is 20.7. The van der Waals surface area contributed by atoms with E-state index in [2.05, 4.69) is 22.3 Å². The summed E-state index contributed by atoms with van der Waals surface area (Å²) in [5.74, 6) is 0. The summed E-state index contributed by atoms with van der Waals surface area (Å²) in [7, 11) is 0. The Morgan fingerprint density at radius 1 is 1.50 bits per heavy atom. The number of rotatable bonds is 5. The quantitative estimate of drug-likeness (QED) is 0.477. The molecule has 0 aromatic rings. The third-order valence-corrected chi connectivity index (χ3v) is 1.70. The lowest BCUT2D eigenvalue weighted by atomic mass is 10.3. The zero-order valence-electron chi connectivity index (χ0n) is 7.26. The molecule has 0 aliphatic heterocycles. The number of hydrogen-bond donors (Lipinski definition) is 1. The lowest BCUT2D eigenvalue weighted by molar-refractivity contribution is 0.148. The van der Waals surface area contributed by atoms with Crippen molar-refractivity contribution in [3.63, 3.8) is 0 Å². The van der Waals surface area contributed by atoms with Gasteiger partial charge in [0.05, 0.1) is 0 Å². The zero-order valence-corrected chi connectivity index (χ0v) is 10.3. The van der Waals surface area contributed by atoms with Crippen LogP contribution in [0.4, 0.5) is 4.79 Å². The Labute approximate surface area is 103 Å². The van der Waals surface area contributed by atoms with Crippen LogP contribution in [0.15, 0.2) is 0 Å². The van der Waals surface area contributed by atoms with E-state index >= 15 is 0 Å². The van der Waals surface area contributed by atoms with E-state index in [0.29, 0.717) is 6.54 Å². The number of amides is 1. The lowest BCUT2D eigenvalue weighted by Crippen LogP contribution is -2.28. The maximum atomic E-state index is 10.9. The Balaban J connectivity index is 3.42. The lowest BCUT2D eigenvalue weighted by Gasteiger charge is -2.11. The Hall–Kier alpha value is 0.230. The van der Waals surface area contributed by atoms with E-state index in [1.165, 1.54) is 0 Å². The van der Waals surface area contributed by atoms with Gasteiger partial charge in [0.15, 0.2) is 0 Å². The predicted molar refractivity (Wildman–Crippen MR) is 62.5 cm³/mol. The van der Waals surface area contributed by atoms with Crippen LogP contribution in [0, 0.1) is 0 Å². The first-order valence-corrected chi connectivity index (χ1v) is 5.47. The number of carbonyl (C=O) groups is 1. The molecule has 0 rings (SSSR count). The van der Waals surface area contributed by atoms with Gasteiger partial charge in [-0.05, 0) is 18.2 Å². The first-order chi connectivity index (χ1) is 6.45. The second kappa shape index (κ2) is 7.51. The molecule has 82 valence electrons. The van der Waals surface area contributed by atoms with E-state index in [9.17, 15) is 4.79 Å². The van der Waals surface area contributed by atoms with Crippen molar-refractivity contribution >= 4 is 58.5 Å². The van der Waals surface area contributed by atoms with Gasteiger partial charge in [0.2, 0.25) is 3.79 Å². The smallest absolute Gasteiger partial charge is 0.407 e. The summed E-state index contributed by atoms with van der Waals surface area (Å²) in [4.78, 5) is 10.9. The van der Waals surface area contributed by atoms with Crippen LogP contribution in [-0.2, 0) is 4.74 Å². The second-order valence-electron chi connectivity index (χ2n) is 2.43. The summed E-state index contributed by atoms with van der Waals surface area (Å²) in [5.41, 5.74) is 0. The monoisotopic (exact) mass is 277 g/mol. The molecule has 0 atom stereocenters. The summed E-state index contributed by atoms with van der Waals surface area (Å²) in [5, 5.41) is 4.09. The largest absolute Gasteiger partial charge is 0.445 e. The number of alkyl halides is 3. The topological polar surface area (TPSA) is 38.3 Å². The van der Waals surface area contributed by atoms with Crippen LogP contribution in [-0.4, -0.2) is 28.4 Å². The molecule has 0 aromatic carbocycles. The number of ether oxygens (including phenoxy) is 1. The second-order valence-corrected chi connectivity index (χ2v) is 5.28. The van der Waals surface area contributed by atoms with Crippen molar-refractivity contribution in [2.75, 3.05) is 13.2 Å². The summed E-state index contributed by atoms with van der Waals surface area (Å²) in [6.07, 6.45) is 0.938. The fourth-order valence-corrected chi connectivity index (χ4v) is 0.905. The van der Waals surface area contributed by atoms with E-state index in [1.54, 1.807) is 5.37 Å². The molecule has 1 amide bonds. The molecule has 0 fully saturated rings. The molecule has 0 spiro atoms. The van der Waals surface area contributed by atoms with Crippen molar-refractivity contribution in [1.82, 2.24) is 5.32 Å². The maximum Gasteiger partial charge on any atom is 0.407 e. The van der Waals surface area contributed by atoms with Crippen LogP contribution < -0.4 is 5.32 Å². The highest BCUT2D eigenvalue weighted by Crippen LogP contribution is 2.25. The SMILES string of the molecule is O=C(NCCCC=S)OCC(Cl)(Cl)Cl. The minimum absolute atomic E-state index is 0.267. The maximum absolute atomic E-state index is 10.9. The Kier molecular flexibility index (Phi) is 7.64. The van der Waals surface area contributed by atoms with Gasteiger partial charge in [-0.15, -0.1) is 0 Å². The number of halogens is 3. The van der Waals surface area contributed by atoms with E-state index in [0.717, 1.165) is 12.8 Å². The molecule has 0 heterocycles. The molecule has 7 heteroatoms. The molecule has 0 unspecified atom stereocenters. The number of thiocarbonyl (C=S) groups is 1. The molecule has 14 heavy (non-hydrogen) atoms. The molecular formula is C7H10Cl3NO2S. The van der Waals surface area contributed by atoms with Crippen molar-refractivity contribution in [2.24, 2.45) is 0 Å². The van der Waals surface area contributed by atoms with Gasteiger partial charge in [-0.2, -0.15) is 0 Å². The van der Waals surface area contributed by atoms with Gasteiger partial charge in [-0.1, -0.05) is 47.0 Å². The minimum Gasteiger partial charge on any atom is -0.445 e. The average molecular weight is 279 g/mol. The van der Waals surface area contributed by atoms with E-state index < -0.39 is 9.89 Å². The van der Waals surface area contributed by atoms with Crippen LogP contribution in [0.25, 0.3) is 0 Å². The van der Waals surface area contributed by atoms with Gasteiger partial charge in [0.1, 0.15) is 6.61 Å². The first-order valence-electron chi connectivity index (χ1n) is 3.86. The standard InChI is InChI=1S/C7H10Cl3NO2S/c8-7(9,10)5-13-6(12)11-3-1-2-4-14/h4H,1-3,5H2,(H,11,12). The van der Waals surface area contributed by atoms with Gasteiger partial charge in [-0.3, -0.25) is 0 Å². The third-order valence-electron chi connectivity index (χ3n) is 1.14. The molecule has 1 N–H and O–H groups in total. The summed E-state index contributed by atoms with van der Waals surface area (Å²) in [6.45, 7) is 0.225. The van der Waals surface area contributed by atoms with E-state index in [4.69, 9.17) is 34.8 Å². The number of unbranched alkanes of at least 4 members (excludes halogenated alkanes) is 1. The van der Waals surface area contributed by atoms with Crippen molar-refractivity contribution in [1.29, 1.82) is 0 Å². The predicted octanol–water partition coefficient (Wildman–Crippen LogP) is 2.86. The van der Waals surface area contributed by atoms with E-state index in [-0.39, 0.29) is 6.61 Å². The molecule has 0 saturated carbocycles. The number of hydrogen-bond acceptors (Lipinski definition) is 3. The molecular weight excluding hydrogens is 269 g/mol. The van der Waals surface area contributed by atoms with Crippen LogP contribution in [0.3, 0.4) is 0 Å². The van der Waals surface area contributed by atoms with Gasteiger partial charge < -0.3 is 10.1 Å². The van der Waals surface area contributed by atoms with Crippen molar-refractivity contribution in [2.45, 2.75) is 16.6 Å². The van der Waals surface area contributed by atoms with Crippen molar-refractivity contribution in [3.8, 4) is 0 Å². The van der Waals surface area contributed by atoms with Crippen LogP contribution >= 0.6 is 47.0 Å². The van der Waals surface area contributed by atoms with Gasteiger partial charge in [0, 0.05) is 6.54 Å². The highest BCUT2D eigenvalue weighted by molar-refractivity contribution is 7.78. The third kappa shape index (κ3) is 10.3. The Morgan fingerprint density at radius 2 is 2.14 bits per heavy atom. The molecule has 0 aromatic heterocycles. The highest BCUT2D eigenvalue weighted by atomic mass is 35.6. The van der Waals surface area contributed by atoms with Crippen LogP contribution in [0.1, 0.15) is 12.8 Å². The summed E-state index contributed by atoms with van der Waals surface area (Å²) < 4.78 is 3.04. The number of nitrogens with one attached hydrogen (secondary N) is 1. The molecule has 3 nitrogen and oxygen atoms in total. The molecule has 0 aliphatic carbocycles. The normalized spacial score (nSPS) is 10.8. The zero-order chi connectivity index (χ0) is 11.0. The molecule has 0 aliphatic rings. The summed E-state index contributed by atoms with van der Waals surface area (Å²) in [6, 6.07) is 0. The van der Waals surface area contributed by atoms with Crippen molar-refractivity contribution in [3.05, 3.63) is 0 Å². The average Bonchev–Trinajstić information content (AvgIpc) is 2.08. The minimum atomic E-state index is -1.56. The Bertz CT molecular complexity index is 196. The fraction of sp³-hybridized carbons (Fsp3) is 0.714. The molecule has 0 radical (unpaired) electrons. The van der Waals surface area contributed by atoms with Crippen molar-refractivity contribution < 1.29 is 9.53 Å². The number of carbonyl (C=O) groups excluding carboxylic acids is 1. The molecule has 0 bridgehead atoms. The fourth-order valence-electron chi connectivity index (χ4n) is 0.574. The van der Waals surface area contributed by atoms with Gasteiger partial charge >= 0.3 is 6.09 Å². The number of alkyl carbamates (subject to hydrolysis) is 1. The van der Waals surface area contributed by atoms with Crippen LogP contribution in [0.5, 0.6) is 0 Å². The van der Waals surface area contributed by atoms with Gasteiger partial charge in [-0.25, -0.2) is 4.79 Å². The highest BCUT2D eigenvalue weighted by Gasteiger charge is 2.21. The Morgan fingerprint density at radius 3 is 2.64 bits per heavy atom. The van der Waals surface area contributed by atoms with E-state index in [1.807, 2.05) is 0 Å².